The molecule has 0 saturated carbocycles. The molecular weight excluding hydrogens is 270 g/mol. The van der Waals surface area contributed by atoms with Gasteiger partial charge in [-0.25, -0.2) is 0 Å². The summed E-state index contributed by atoms with van der Waals surface area (Å²) in [6, 6.07) is 5.26. The number of benzene rings is 1. The Morgan fingerprint density at radius 3 is 2.86 bits per heavy atom. The third kappa shape index (κ3) is 3.52. The van der Waals surface area contributed by atoms with E-state index in [2.05, 4.69) is 10.6 Å². The van der Waals surface area contributed by atoms with Crippen molar-refractivity contribution >= 4 is 23.2 Å². The predicted octanol–water partition coefficient (Wildman–Crippen LogP) is 0.880. The lowest BCUT2D eigenvalue weighted by molar-refractivity contribution is -0.123. The smallest absolute Gasteiger partial charge is 0.257 e. The highest BCUT2D eigenvalue weighted by Gasteiger charge is 2.28. The van der Waals surface area contributed by atoms with Crippen LogP contribution in [0.5, 0.6) is 0 Å². The Hall–Kier alpha value is -2.08. The first-order chi connectivity index (χ1) is 9.88. The first kappa shape index (κ1) is 15.3. The van der Waals surface area contributed by atoms with Gasteiger partial charge in [-0.3, -0.25) is 9.59 Å². The Bertz CT molecular complexity index is 557. The third-order valence-electron chi connectivity index (χ3n) is 3.37. The SMILES string of the molecule is CC(C)CNC(=O)CN(C)c1ccc2c(c1)NC(=O)C2O. The van der Waals surface area contributed by atoms with Crippen LogP contribution in [-0.4, -0.2) is 37.1 Å². The normalized spacial score (nSPS) is 16.6. The van der Waals surface area contributed by atoms with Crippen LogP contribution in [0.1, 0.15) is 25.5 Å². The number of nitrogens with one attached hydrogen (secondary N) is 2. The van der Waals surface area contributed by atoms with Gasteiger partial charge in [0, 0.05) is 30.5 Å². The van der Waals surface area contributed by atoms with Gasteiger partial charge in [-0.15, -0.1) is 0 Å². The van der Waals surface area contributed by atoms with Crippen molar-refractivity contribution in [2.75, 3.05) is 30.4 Å². The van der Waals surface area contributed by atoms with Crippen molar-refractivity contribution in [1.29, 1.82) is 0 Å². The van der Waals surface area contributed by atoms with Crippen LogP contribution in [0.3, 0.4) is 0 Å². The molecule has 3 N–H and O–H groups in total. The van der Waals surface area contributed by atoms with Crippen molar-refractivity contribution in [2.45, 2.75) is 20.0 Å². The van der Waals surface area contributed by atoms with Crippen LogP contribution in [0.4, 0.5) is 11.4 Å². The third-order valence-corrected chi connectivity index (χ3v) is 3.37. The summed E-state index contributed by atoms with van der Waals surface area (Å²) in [7, 11) is 1.81. The minimum Gasteiger partial charge on any atom is -0.378 e. The van der Waals surface area contributed by atoms with Gasteiger partial charge < -0.3 is 20.6 Å². The second-order valence-electron chi connectivity index (χ2n) is 5.72. The van der Waals surface area contributed by atoms with E-state index < -0.39 is 12.0 Å². The number of carbonyl (C=O) groups is 2. The van der Waals surface area contributed by atoms with Gasteiger partial charge in [0.2, 0.25) is 5.91 Å². The van der Waals surface area contributed by atoms with E-state index >= 15 is 0 Å². The van der Waals surface area contributed by atoms with Crippen molar-refractivity contribution in [2.24, 2.45) is 5.92 Å². The van der Waals surface area contributed by atoms with Gasteiger partial charge in [-0.1, -0.05) is 19.9 Å². The molecule has 0 spiro atoms. The number of likely N-dealkylation sites (N-methyl/N-ethyl adjacent to an activating group) is 1. The number of rotatable bonds is 5. The van der Waals surface area contributed by atoms with E-state index in [1.807, 2.05) is 20.9 Å². The van der Waals surface area contributed by atoms with Gasteiger partial charge in [0.1, 0.15) is 0 Å². The number of hydrogen-bond acceptors (Lipinski definition) is 4. The molecule has 1 atom stereocenters. The van der Waals surface area contributed by atoms with Gasteiger partial charge in [-0.05, 0) is 18.1 Å². The van der Waals surface area contributed by atoms with Crippen molar-refractivity contribution in [3.05, 3.63) is 23.8 Å². The molecule has 0 radical (unpaired) electrons. The highest BCUT2D eigenvalue weighted by Crippen LogP contribution is 2.33. The van der Waals surface area contributed by atoms with Gasteiger partial charge in [0.25, 0.3) is 5.91 Å². The highest BCUT2D eigenvalue weighted by molar-refractivity contribution is 6.02. The lowest BCUT2D eigenvalue weighted by Gasteiger charge is -2.20. The first-order valence-corrected chi connectivity index (χ1v) is 6.99. The number of amides is 2. The zero-order chi connectivity index (χ0) is 15.6. The molecule has 1 aromatic rings. The molecule has 0 saturated heterocycles. The average Bonchev–Trinajstić information content (AvgIpc) is 2.71. The lowest BCUT2D eigenvalue weighted by Crippen LogP contribution is -2.36. The maximum atomic E-state index is 11.8. The van der Waals surface area contributed by atoms with Crippen molar-refractivity contribution < 1.29 is 14.7 Å². The fourth-order valence-electron chi connectivity index (χ4n) is 2.15. The number of fused-ring (bicyclic) bond motifs is 1. The van der Waals surface area contributed by atoms with Crippen LogP contribution < -0.4 is 15.5 Å². The molecule has 1 aromatic carbocycles. The summed E-state index contributed by atoms with van der Waals surface area (Å²) in [5.74, 6) is -0.0498. The molecule has 2 rings (SSSR count). The molecule has 1 aliphatic rings. The lowest BCUT2D eigenvalue weighted by atomic mass is 10.1. The van der Waals surface area contributed by atoms with Crippen LogP contribution >= 0.6 is 0 Å². The number of aliphatic hydroxyl groups is 1. The Kier molecular flexibility index (Phi) is 4.47. The van der Waals surface area contributed by atoms with Crippen molar-refractivity contribution in [1.82, 2.24) is 5.32 Å². The molecule has 0 aromatic heterocycles. The topological polar surface area (TPSA) is 81.7 Å². The second kappa shape index (κ2) is 6.13. The van der Waals surface area contributed by atoms with Crippen molar-refractivity contribution in [3.63, 3.8) is 0 Å². The summed E-state index contributed by atoms with van der Waals surface area (Å²) < 4.78 is 0. The molecular formula is C15H21N3O3. The Morgan fingerprint density at radius 1 is 1.48 bits per heavy atom. The van der Waals surface area contributed by atoms with E-state index in [4.69, 9.17) is 0 Å². The summed E-state index contributed by atoms with van der Waals surface area (Å²) in [5, 5.41) is 15.1. The van der Waals surface area contributed by atoms with Crippen molar-refractivity contribution in [3.8, 4) is 0 Å². The zero-order valence-electron chi connectivity index (χ0n) is 12.5. The second-order valence-corrected chi connectivity index (χ2v) is 5.72. The maximum absolute atomic E-state index is 11.8. The summed E-state index contributed by atoms with van der Waals surface area (Å²) in [6.45, 7) is 4.97. The quantitative estimate of drug-likeness (QED) is 0.752. The van der Waals surface area contributed by atoms with E-state index in [0.717, 1.165) is 5.69 Å². The van der Waals surface area contributed by atoms with Crippen LogP contribution in [-0.2, 0) is 9.59 Å². The molecule has 21 heavy (non-hydrogen) atoms. The Balaban J connectivity index is 2.01. The van der Waals surface area contributed by atoms with Crippen LogP contribution in [0, 0.1) is 5.92 Å². The standard InChI is InChI=1S/C15H21N3O3/c1-9(2)7-16-13(19)8-18(3)10-4-5-11-12(6-10)17-15(21)14(11)20/h4-6,9,14,20H,7-8H2,1-3H3,(H,16,19)(H,17,21). The molecule has 1 aliphatic heterocycles. The monoisotopic (exact) mass is 291 g/mol. The fourth-order valence-corrected chi connectivity index (χ4v) is 2.15. The molecule has 0 bridgehead atoms. The fraction of sp³-hybridized carbons (Fsp3) is 0.467. The van der Waals surface area contributed by atoms with E-state index in [-0.39, 0.29) is 12.5 Å². The van der Waals surface area contributed by atoms with E-state index in [1.54, 1.807) is 23.1 Å². The molecule has 1 heterocycles. The van der Waals surface area contributed by atoms with Crippen LogP contribution in [0.25, 0.3) is 0 Å². The number of aliphatic hydroxyl groups excluding tert-OH is 1. The maximum Gasteiger partial charge on any atom is 0.257 e. The Labute approximate surface area is 124 Å². The largest absolute Gasteiger partial charge is 0.378 e. The van der Waals surface area contributed by atoms with E-state index in [0.29, 0.717) is 23.7 Å². The summed E-state index contributed by atoms with van der Waals surface area (Å²) in [4.78, 5) is 25.0. The van der Waals surface area contributed by atoms with E-state index in [1.165, 1.54) is 0 Å². The molecule has 2 amide bonds. The minimum atomic E-state index is -1.10. The zero-order valence-corrected chi connectivity index (χ0v) is 12.5. The number of hydrogen-bond donors (Lipinski definition) is 3. The average molecular weight is 291 g/mol. The molecule has 0 aliphatic carbocycles. The van der Waals surface area contributed by atoms with Gasteiger partial charge in [0.15, 0.2) is 6.10 Å². The highest BCUT2D eigenvalue weighted by atomic mass is 16.3. The summed E-state index contributed by atoms with van der Waals surface area (Å²) in [5.41, 5.74) is 1.98. The predicted molar refractivity (Wildman–Crippen MR) is 81.1 cm³/mol. The molecule has 0 fully saturated rings. The number of anilines is 2. The minimum absolute atomic E-state index is 0.0456. The Morgan fingerprint density at radius 2 is 2.19 bits per heavy atom. The summed E-state index contributed by atoms with van der Waals surface area (Å²) >= 11 is 0. The molecule has 114 valence electrons. The molecule has 1 unspecified atom stereocenters. The number of nitrogens with zero attached hydrogens (tertiary/aromatic N) is 1. The van der Waals surface area contributed by atoms with Gasteiger partial charge in [0.05, 0.1) is 6.54 Å². The van der Waals surface area contributed by atoms with Crippen LogP contribution in [0.15, 0.2) is 18.2 Å². The molecule has 6 nitrogen and oxygen atoms in total. The summed E-state index contributed by atoms with van der Waals surface area (Å²) in [6.07, 6.45) is -1.10. The van der Waals surface area contributed by atoms with Gasteiger partial charge >= 0.3 is 0 Å². The van der Waals surface area contributed by atoms with E-state index in [9.17, 15) is 14.7 Å². The molecule has 6 heteroatoms. The van der Waals surface area contributed by atoms with Gasteiger partial charge in [-0.2, -0.15) is 0 Å². The van der Waals surface area contributed by atoms with Crippen LogP contribution in [0.2, 0.25) is 0 Å². The number of carbonyl (C=O) groups excluding carboxylic acids is 2. The first-order valence-electron chi connectivity index (χ1n) is 6.99.